The Morgan fingerprint density at radius 1 is 1.35 bits per heavy atom. The maximum absolute atomic E-state index is 11.8. The molecule has 2 rings (SSSR count). The predicted molar refractivity (Wildman–Crippen MR) is 78.2 cm³/mol. The minimum Gasteiger partial charge on any atom is -0.487 e. The summed E-state index contributed by atoms with van der Waals surface area (Å²) in [5, 5.41) is 5.98. The number of carbonyl (C=O) groups is 1. The van der Waals surface area contributed by atoms with Gasteiger partial charge in [0.1, 0.15) is 17.5 Å². The standard InChI is InChI=1S/C15H22N2O3/c1-15(2,3)20-14(18)17-12-6-4-5-7-13(12)19-11-8-9-16-10-11/h4-7,11,16H,8-10H2,1-3H3,(H,17,18). The van der Waals surface area contributed by atoms with E-state index in [0.717, 1.165) is 19.5 Å². The molecule has 1 saturated heterocycles. The Hall–Kier alpha value is -1.75. The average Bonchev–Trinajstić information content (AvgIpc) is 2.82. The highest BCUT2D eigenvalue weighted by Gasteiger charge is 2.20. The smallest absolute Gasteiger partial charge is 0.412 e. The van der Waals surface area contributed by atoms with E-state index in [4.69, 9.17) is 9.47 Å². The van der Waals surface area contributed by atoms with Crippen molar-refractivity contribution in [3.8, 4) is 5.75 Å². The zero-order valence-corrected chi connectivity index (χ0v) is 12.2. The van der Waals surface area contributed by atoms with Crippen LogP contribution in [-0.4, -0.2) is 30.9 Å². The highest BCUT2D eigenvalue weighted by atomic mass is 16.6. The van der Waals surface area contributed by atoms with Gasteiger partial charge in [-0.25, -0.2) is 4.79 Å². The molecular formula is C15H22N2O3. The lowest BCUT2D eigenvalue weighted by Crippen LogP contribution is -2.27. The number of hydrogen-bond acceptors (Lipinski definition) is 4. The summed E-state index contributed by atoms with van der Waals surface area (Å²) >= 11 is 0. The third-order valence-corrected chi connectivity index (χ3v) is 2.83. The zero-order valence-electron chi connectivity index (χ0n) is 12.2. The molecule has 0 aromatic heterocycles. The lowest BCUT2D eigenvalue weighted by molar-refractivity contribution is 0.0635. The molecule has 0 spiro atoms. The fourth-order valence-electron chi connectivity index (χ4n) is 1.99. The number of carbonyl (C=O) groups excluding carboxylic acids is 1. The van der Waals surface area contributed by atoms with Gasteiger partial charge in [0.25, 0.3) is 0 Å². The second-order valence-corrected chi connectivity index (χ2v) is 5.86. The van der Waals surface area contributed by atoms with E-state index in [-0.39, 0.29) is 6.10 Å². The van der Waals surface area contributed by atoms with E-state index in [1.54, 1.807) is 0 Å². The van der Waals surface area contributed by atoms with Crippen molar-refractivity contribution in [1.82, 2.24) is 5.32 Å². The van der Waals surface area contributed by atoms with E-state index in [0.29, 0.717) is 11.4 Å². The molecule has 0 bridgehead atoms. The van der Waals surface area contributed by atoms with Crippen LogP contribution in [0.3, 0.4) is 0 Å². The maximum atomic E-state index is 11.8. The second kappa shape index (κ2) is 6.13. The molecule has 0 aliphatic carbocycles. The summed E-state index contributed by atoms with van der Waals surface area (Å²) in [6, 6.07) is 7.40. The van der Waals surface area contributed by atoms with Gasteiger partial charge in [0.05, 0.1) is 5.69 Å². The second-order valence-electron chi connectivity index (χ2n) is 5.86. The summed E-state index contributed by atoms with van der Waals surface area (Å²) in [5.41, 5.74) is 0.114. The summed E-state index contributed by atoms with van der Waals surface area (Å²) in [5.74, 6) is 0.673. The molecule has 1 amide bonds. The first-order chi connectivity index (χ1) is 9.44. The van der Waals surface area contributed by atoms with Crippen molar-refractivity contribution in [3.63, 3.8) is 0 Å². The van der Waals surface area contributed by atoms with Crippen LogP contribution in [0.4, 0.5) is 10.5 Å². The number of hydrogen-bond donors (Lipinski definition) is 2. The zero-order chi connectivity index (χ0) is 14.6. The Bertz CT molecular complexity index is 462. The third kappa shape index (κ3) is 4.42. The molecule has 0 radical (unpaired) electrons. The molecule has 110 valence electrons. The molecule has 0 saturated carbocycles. The molecule has 1 unspecified atom stereocenters. The van der Waals surface area contributed by atoms with E-state index in [1.165, 1.54) is 0 Å². The van der Waals surface area contributed by atoms with E-state index in [9.17, 15) is 4.79 Å². The average molecular weight is 278 g/mol. The van der Waals surface area contributed by atoms with Gasteiger partial charge in [0.15, 0.2) is 0 Å². The van der Waals surface area contributed by atoms with Crippen LogP contribution < -0.4 is 15.4 Å². The number of amides is 1. The Balaban J connectivity index is 2.01. The highest BCUT2D eigenvalue weighted by Crippen LogP contribution is 2.26. The fraction of sp³-hybridized carbons (Fsp3) is 0.533. The number of ether oxygens (including phenoxy) is 2. The minimum absolute atomic E-state index is 0.150. The molecule has 1 aliphatic heterocycles. The van der Waals surface area contributed by atoms with Crippen LogP contribution in [0.5, 0.6) is 5.75 Å². The van der Waals surface area contributed by atoms with E-state index < -0.39 is 11.7 Å². The molecule has 1 aliphatic rings. The summed E-state index contributed by atoms with van der Waals surface area (Å²) < 4.78 is 11.2. The van der Waals surface area contributed by atoms with Crippen LogP contribution in [0, 0.1) is 0 Å². The molecular weight excluding hydrogens is 256 g/mol. The third-order valence-electron chi connectivity index (χ3n) is 2.83. The van der Waals surface area contributed by atoms with Gasteiger partial charge in [-0.1, -0.05) is 12.1 Å². The van der Waals surface area contributed by atoms with Crippen LogP contribution in [0.1, 0.15) is 27.2 Å². The van der Waals surface area contributed by atoms with E-state index >= 15 is 0 Å². The fourth-order valence-corrected chi connectivity index (χ4v) is 1.99. The van der Waals surface area contributed by atoms with Crippen molar-refractivity contribution in [2.45, 2.75) is 38.9 Å². The van der Waals surface area contributed by atoms with E-state index in [1.807, 2.05) is 45.0 Å². The minimum atomic E-state index is -0.519. The molecule has 1 fully saturated rings. The van der Waals surface area contributed by atoms with Gasteiger partial charge in [-0.3, -0.25) is 5.32 Å². The highest BCUT2D eigenvalue weighted by molar-refractivity contribution is 5.86. The molecule has 2 N–H and O–H groups in total. The number of benzene rings is 1. The maximum Gasteiger partial charge on any atom is 0.412 e. The Kier molecular flexibility index (Phi) is 4.49. The van der Waals surface area contributed by atoms with Crippen LogP contribution >= 0.6 is 0 Å². The molecule has 1 atom stereocenters. The monoisotopic (exact) mass is 278 g/mol. The van der Waals surface area contributed by atoms with Gasteiger partial charge in [0.2, 0.25) is 0 Å². The van der Waals surface area contributed by atoms with Gasteiger partial charge in [-0.05, 0) is 45.9 Å². The number of anilines is 1. The summed E-state index contributed by atoms with van der Waals surface area (Å²) in [6.45, 7) is 7.30. The van der Waals surface area contributed by atoms with Crippen molar-refractivity contribution in [2.75, 3.05) is 18.4 Å². The number of nitrogens with one attached hydrogen (secondary N) is 2. The van der Waals surface area contributed by atoms with Crippen molar-refractivity contribution >= 4 is 11.8 Å². The van der Waals surface area contributed by atoms with Crippen molar-refractivity contribution in [2.24, 2.45) is 0 Å². The van der Waals surface area contributed by atoms with Crippen LogP contribution in [0.25, 0.3) is 0 Å². The normalized spacial score (nSPS) is 18.6. The molecule has 5 heteroatoms. The summed E-state index contributed by atoms with van der Waals surface area (Å²) in [6.07, 6.45) is 0.649. The number of para-hydroxylation sites is 2. The largest absolute Gasteiger partial charge is 0.487 e. The molecule has 1 heterocycles. The first kappa shape index (κ1) is 14.7. The van der Waals surface area contributed by atoms with Gasteiger partial charge in [-0.2, -0.15) is 0 Å². The first-order valence-electron chi connectivity index (χ1n) is 6.90. The quantitative estimate of drug-likeness (QED) is 0.892. The topological polar surface area (TPSA) is 59.6 Å². The number of rotatable bonds is 3. The van der Waals surface area contributed by atoms with Gasteiger partial charge in [0, 0.05) is 6.54 Å². The lowest BCUT2D eigenvalue weighted by Gasteiger charge is -2.21. The lowest BCUT2D eigenvalue weighted by atomic mass is 10.2. The SMILES string of the molecule is CC(C)(C)OC(=O)Nc1ccccc1OC1CCNC1. The predicted octanol–water partition coefficient (Wildman–Crippen LogP) is 2.77. The van der Waals surface area contributed by atoms with Crippen molar-refractivity contribution in [3.05, 3.63) is 24.3 Å². The van der Waals surface area contributed by atoms with Crippen LogP contribution in [0.15, 0.2) is 24.3 Å². The van der Waals surface area contributed by atoms with Crippen LogP contribution in [-0.2, 0) is 4.74 Å². The molecule has 1 aromatic rings. The Morgan fingerprint density at radius 2 is 2.10 bits per heavy atom. The van der Waals surface area contributed by atoms with Gasteiger partial charge < -0.3 is 14.8 Å². The molecule has 5 nitrogen and oxygen atoms in total. The van der Waals surface area contributed by atoms with Crippen molar-refractivity contribution < 1.29 is 14.3 Å². The summed E-state index contributed by atoms with van der Waals surface area (Å²) in [7, 11) is 0. The van der Waals surface area contributed by atoms with Crippen molar-refractivity contribution in [1.29, 1.82) is 0 Å². The van der Waals surface area contributed by atoms with E-state index in [2.05, 4.69) is 10.6 Å². The van der Waals surface area contributed by atoms with Crippen LogP contribution in [0.2, 0.25) is 0 Å². The first-order valence-corrected chi connectivity index (χ1v) is 6.90. The van der Waals surface area contributed by atoms with Gasteiger partial charge in [-0.15, -0.1) is 0 Å². The molecule has 20 heavy (non-hydrogen) atoms. The Labute approximate surface area is 119 Å². The summed E-state index contributed by atoms with van der Waals surface area (Å²) in [4.78, 5) is 11.8. The molecule has 1 aromatic carbocycles. The Morgan fingerprint density at radius 3 is 2.75 bits per heavy atom. The van der Waals surface area contributed by atoms with Gasteiger partial charge >= 0.3 is 6.09 Å².